The first kappa shape index (κ1) is 17.4. The highest BCUT2D eigenvalue weighted by Gasteiger charge is 2.41. The molecule has 8 heteroatoms. The van der Waals surface area contributed by atoms with Gasteiger partial charge in [-0.3, -0.25) is 14.4 Å². The lowest BCUT2D eigenvalue weighted by atomic mass is 9.79. The first-order valence-corrected chi connectivity index (χ1v) is 8.24. The van der Waals surface area contributed by atoms with E-state index >= 15 is 0 Å². The number of hydrogen-bond acceptors (Lipinski definition) is 4. The molecular formula is C16H22F3N3O2. The summed E-state index contributed by atoms with van der Waals surface area (Å²) in [5.41, 5.74) is 1.24. The highest BCUT2D eigenvalue weighted by molar-refractivity contribution is 5.25. The normalized spacial score (nSPS) is 26.4. The van der Waals surface area contributed by atoms with E-state index in [-0.39, 0.29) is 11.1 Å². The van der Waals surface area contributed by atoms with E-state index in [1.807, 2.05) is 0 Å². The quantitative estimate of drug-likeness (QED) is 0.894. The van der Waals surface area contributed by atoms with Crippen LogP contribution in [0, 0.1) is 6.92 Å². The standard InChI is InChI=1S/C16H22F3N3O2/c1-10-20-13-3-6-15(2,9-12(13)14(23)21-10)22-7-4-11(5-8-22)24-16(17,18)19/h11H,3-9H2,1-2H3,(H,20,21,23). The van der Waals surface area contributed by atoms with E-state index in [1.54, 1.807) is 6.92 Å². The first-order valence-electron chi connectivity index (χ1n) is 8.24. The lowest BCUT2D eigenvalue weighted by Crippen LogP contribution is -2.55. The molecule has 0 radical (unpaired) electrons. The topological polar surface area (TPSA) is 58.2 Å². The molecule has 1 aliphatic heterocycles. The van der Waals surface area contributed by atoms with E-state index in [9.17, 15) is 18.0 Å². The maximum atomic E-state index is 12.3. The van der Waals surface area contributed by atoms with Crippen molar-refractivity contribution in [3.05, 3.63) is 27.4 Å². The molecule has 1 fully saturated rings. The van der Waals surface area contributed by atoms with E-state index < -0.39 is 12.5 Å². The predicted molar refractivity (Wildman–Crippen MR) is 81.8 cm³/mol. The summed E-state index contributed by atoms with van der Waals surface area (Å²) >= 11 is 0. The number of piperidine rings is 1. The van der Waals surface area contributed by atoms with Gasteiger partial charge in [-0.05, 0) is 46.0 Å². The Labute approximate surface area is 138 Å². The fourth-order valence-corrected chi connectivity index (χ4v) is 3.89. The number of halogens is 3. The molecule has 1 atom stereocenters. The van der Waals surface area contributed by atoms with E-state index in [0.717, 1.165) is 18.5 Å². The van der Waals surface area contributed by atoms with Gasteiger partial charge in [-0.1, -0.05) is 0 Å². The molecule has 0 aromatic carbocycles. The number of H-pyrrole nitrogens is 1. The van der Waals surface area contributed by atoms with Crippen molar-refractivity contribution < 1.29 is 17.9 Å². The molecule has 1 aromatic rings. The van der Waals surface area contributed by atoms with Crippen LogP contribution in [0.2, 0.25) is 0 Å². The highest BCUT2D eigenvalue weighted by Crippen LogP contribution is 2.34. The minimum Gasteiger partial charge on any atom is -0.311 e. The Kier molecular flexibility index (Phi) is 4.46. The average molecular weight is 345 g/mol. The second-order valence-electron chi connectivity index (χ2n) is 7.00. The van der Waals surface area contributed by atoms with Gasteiger partial charge in [0.05, 0.1) is 11.8 Å². The van der Waals surface area contributed by atoms with Crippen LogP contribution < -0.4 is 5.56 Å². The van der Waals surface area contributed by atoms with Gasteiger partial charge in [0.15, 0.2) is 0 Å². The summed E-state index contributed by atoms with van der Waals surface area (Å²) in [5, 5.41) is 0. The molecule has 1 saturated heterocycles. The van der Waals surface area contributed by atoms with E-state index in [4.69, 9.17) is 0 Å². The Balaban J connectivity index is 1.69. The Morgan fingerprint density at radius 2 is 2.00 bits per heavy atom. The van der Waals surface area contributed by atoms with E-state index in [0.29, 0.717) is 43.7 Å². The van der Waals surface area contributed by atoms with Crippen LogP contribution >= 0.6 is 0 Å². The smallest absolute Gasteiger partial charge is 0.311 e. The molecular weight excluding hydrogens is 323 g/mol. The lowest BCUT2D eigenvalue weighted by Gasteiger charge is -2.47. The molecule has 1 aliphatic carbocycles. The summed E-state index contributed by atoms with van der Waals surface area (Å²) in [6.45, 7) is 4.94. The highest BCUT2D eigenvalue weighted by atomic mass is 19.4. The summed E-state index contributed by atoms with van der Waals surface area (Å²) in [6.07, 6.45) is -2.49. The molecule has 24 heavy (non-hydrogen) atoms. The second kappa shape index (κ2) is 6.15. The predicted octanol–water partition coefficient (Wildman–Crippen LogP) is 2.33. The van der Waals surface area contributed by atoms with Crippen molar-refractivity contribution in [3.8, 4) is 0 Å². The van der Waals surface area contributed by atoms with Crippen LogP contribution in [0.3, 0.4) is 0 Å². The zero-order chi connectivity index (χ0) is 17.5. The number of nitrogens with zero attached hydrogens (tertiary/aromatic N) is 2. The molecule has 0 spiro atoms. The molecule has 1 N–H and O–H groups in total. The third-order valence-electron chi connectivity index (χ3n) is 5.18. The van der Waals surface area contributed by atoms with Gasteiger partial charge in [0.25, 0.3) is 5.56 Å². The van der Waals surface area contributed by atoms with Crippen molar-refractivity contribution in [2.45, 2.75) is 64.0 Å². The summed E-state index contributed by atoms with van der Waals surface area (Å²) in [5.74, 6) is 0.618. The van der Waals surface area contributed by atoms with Gasteiger partial charge in [0, 0.05) is 24.2 Å². The van der Waals surface area contributed by atoms with Gasteiger partial charge in [0.2, 0.25) is 0 Å². The van der Waals surface area contributed by atoms with Crippen LogP contribution in [-0.2, 0) is 17.6 Å². The fourth-order valence-electron chi connectivity index (χ4n) is 3.89. The van der Waals surface area contributed by atoms with E-state index in [1.165, 1.54) is 0 Å². The van der Waals surface area contributed by atoms with Crippen LogP contribution in [0.1, 0.15) is 43.3 Å². The first-order chi connectivity index (χ1) is 11.2. The molecule has 5 nitrogen and oxygen atoms in total. The Morgan fingerprint density at radius 1 is 1.33 bits per heavy atom. The summed E-state index contributed by atoms with van der Waals surface area (Å²) in [6, 6.07) is 0. The number of fused-ring (bicyclic) bond motifs is 1. The van der Waals surface area contributed by atoms with Crippen LogP contribution in [0.25, 0.3) is 0 Å². The molecule has 0 bridgehead atoms. The SMILES string of the molecule is Cc1nc2c(c(=O)[nH]1)CC(C)(N1CCC(OC(F)(F)F)CC1)CC2. The van der Waals surface area contributed by atoms with Gasteiger partial charge in [-0.25, -0.2) is 4.98 Å². The maximum absolute atomic E-state index is 12.3. The third-order valence-corrected chi connectivity index (χ3v) is 5.18. The number of rotatable bonds is 2. The number of alkyl halides is 3. The number of aromatic amines is 1. The van der Waals surface area contributed by atoms with Crippen molar-refractivity contribution in [3.63, 3.8) is 0 Å². The van der Waals surface area contributed by atoms with Crippen LogP contribution in [0.5, 0.6) is 0 Å². The molecule has 2 aliphatic rings. The van der Waals surface area contributed by atoms with Crippen molar-refractivity contribution in [2.24, 2.45) is 0 Å². The largest absolute Gasteiger partial charge is 0.522 e. The van der Waals surface area contributed by atoms with Crippen molar-refractivity contribution in [2.75, 3.05) is 13.1 Å². The molecule has 1 unspecified atom stereocenters. The number of nitrogens with one attached hydrogen (secondary N) is 1. The molecule has 0 saturated carbocycles. The number of aryl methyl sites for hydroxylation is 2. The number of ether oxygens (including phenoxy) is 1. The van der Waals surface area contributed by atoms with Crippen molar-refractivity contribution in [1.29, 1.82) is 0 Å². The van der Waals surface area contributed by atoms with Crippen molar-refractivity contribution >= 4 is 0 Å². The van der Waals surface area contributed by atoms with Crippen molar-refractivity contribution in [1.82, 2.24) is 14.9 Å². The average Bonchev–Trinajstić information content (AvgIpc) is 2.47. The van der Waals surface area contributed by atoms with Crippen LogP contribution in [0.15, 0.2) is 4.79 Å². The zero-order valence-corrected chi connectivity index (χ0v) is 13.9. The second-order valence-corrected chi connectivity index (χ2v) is 7.00. The fraction of sp³-hybridized carbons (Fsp3) is 0.750. The summed E-state index contributed by atoms with van der Waals surface area (Å²) in [4.78, 5) is 21.6. The van der Waals surface area contributed by atoms with Gasteiger partial charge in [0.1, 0.15) is 5.82 Å². The summed E-state index contributed by atoms with van der Waals surface area (Å²) in [7, 11) is 0. The van der Waals surface area contributed by atoms with Gasteiger partial charge in [-0.15, -0.1) is 13.2 Å². The molecule has 2 heterocycles. The number of likely N-dealkylation sites (tertiary alicyclic amines) is 1. The lowest BCUT2D eigenvalue weighted by molar-refractivity contribution is -0.346. The number of aromatic nitrogens is 2. The maximum Gasteiger partial charge on any atom is 0.522 e. The molecule has 0 amide bonds. The van der Waals surface area contributed by atoms with E-state index in [2.05, 4.69) is 26.5 Å². The monoisotopic (exact) mass is 345 g/mol. The molecule has 3 rings (SSSR count). The Morgan fingerprint density at radius 3 is 2.62 bits per heavy atom. The number of hydrogen-bond donors (Lipinski definition) is 1. The van der Waals surface area contributed by atoms with Gasteiger partial charge < -0.3 is 4.98 Å². The third kappa shape index (κ3) is 3.64. The Hall–Kier alpha value is -1.41. The molecule has 1 aromatic heterocycles. The van der Waals surface area contributed by atoms with Crippen LogP contribution in [-0.4, -0.2) is 46.0 Å². The molecule has 134 valence electrons. The zero-order valence-electron chi connectivity index (χ0n) is 13.9. The van der Waals surface area contributed by atoms with Gasteiger partial charge in [-0.2, -0.15) is 0 Å². The summed E-state index contributed by atoms with van der Waals surface area (Å²) < 4.78 is 41.1. The minimum atomic E-state index is -4.57. The van der Waals surface area contributed by atoms with Gasteiger partial charge >= 0.3 is 6.36 Å². The van der Waals surface area contributed by atoms with Crippen LogP contribution in [0.4, 0.5) is 13.2 Å². The Bertz CT molecular complexity index is 666. The minimum absolute atomic E-state index is 0.0984.